The van der Waals surface area contributed by atoms with E-state index in [1.165, 1.54) is 17.5 Å². The lowest BCUT2D eigenvalue weighted by Gasteiger charge is -2.17. The highest BCUT2D eigenvalue weighted by atomic mass is 16.5. The van der Waals surface area contributed by atoms with Crippen molar-refractivity contribution in [1.82, 2.24) is 16.2 Å². The van der Waals surface area contributed by atoms with Crippen molar-refractivity contribution in [2.75, 3.05) is 13.7 Å². The molecule has 3 N–H and O–H groups in total. The lowest BCUT2D eigenvalue weighted by Crippen LogP contribution is -2.38. The standard InChI is InChI=1S/C17H25N3O2/c1-3-15-14(10-19-20-15)17(21)18-9-13-7-11-5-4-6-12(11)8-16(13)22-2/h7-8,14-15,19-20H,3-6,9-10H2,1-2H3,(H,18,21). The van der Waals surface area contributed by atoms with Crippen molar-refractivity contribution >= 4 is 5.91 Å². The molecule has 1 fully saturated rings. The summed E-state index contributed by atoms with van der Waals surface area (Å²) < 4.78 is 5.49. The lowest BCUT2D eigenvalue weighted by atomic mass is 9.98. The number of amides is 1. The number of carbonyl (C=O) groups is 1. The quantitative estimate of drug-likeness (QED) is 0.767. The van der Waals surface area contributed by atoms with Gasteiger partial charge in [-0.25, -0.2) is 0 Å². The zero-order chi connectivity index (χ0) is 15.5. The van der Waals surface area contributed by atoms with E-state index in [9.17, 15) is 4.79 Å². The molecule has 5 heteroatoms. The molecule has 1 heterocycles. The third kappa shape index (κ3) is 2.96. The number of ether oxygens (including phenoxy) is 1. The van der Waals surface area contributed by atoms with Gasteiger partial charge in [0.2, 0.25) is 5.91 Å². The largest absolute Gasteiger partial charge is 0.496 e. The van der Waals surface area contributed by atoms with Crippen molar-refractivity contribution in [3.8, 4) is 5.75 Å². The minimum absolute atomic E-state index is 0.00887. The first-order valence-electron chi connectivity index (χ1n) is 8.17. The molecule has 0 radical (unpaired) electrons. The number of hydrazine groups is 1. The van der Waals surface area contributed by atoms with Gasteiger partial charge in [0.15, 0.2) is 0 Å². The highest BCUT2D eigenvalue weighted by molar-refractivity contribution is 5.80. The number of hydrogen-bond donors (Lipinski definition) is 3. The first kappa shape index (κ1) is 15.3. The lowest BCUT2D eigenvalue weighted by molar-refractivity contribution is -0.125. The summed E-state index contributed by atoms with van der Waals surface area (Å²) in [7, 11) is 1.69. The Kier molecular flexibility index (Phi) is 4.64. The number of rotatable bonds is 5. The maximum absolute atomic E-state index is 12.4. The molecule has 3 rings (SSSR count). The molecule has 1 aromatic rings. The van der Waals surface area contributed by atoms with Gasteiger partial charge < -0.3 is 10.1 Å². The Balaban J connectivity index is 1.67. The van der Waals surface area contributed by atoms with Gasteiger partial charge in [0.25, 0.3) is 0 Å². The number of carbonyl (C=O) groups excluding carboxylic acids is 1. The van der Waals surface area contributed by atoms with Gasteiger partial charge >= 0.3 is 0 Å². The summed E-state index contributed by atoms with van der Waals surface area (Å²) in [6.07, 6.45) is 4.42. The van der Waals surface area contributed by atoms with E-state index in [-0.39, 0.29) is 17.9 Å². The fraction of sp³-hybridized carbons (Fsp3) is 0.588. The zero-order valence-electron chi connectivity index (χ0n) is 13.4. The van der Waals surface area contributed by atoms with Crippen LogP contribution in [0.3, 0.4) is 0 Å². The first-order valence-corrected chi connectivity index (χ1v) is 8.17. The van der Waals surface area contributed by atoms with Gasteiger partial charge in [0, 0.05) is 24.7 Å². The number of methoxy groups -OCH3 is 1. The zero-order valence-corrected chi connectivity index (χ0v) is 13.4. The monoisotopic (exact) mass is 303 g/mol. The topological polar surface area (TPSA) is 62.4 Å². The molecule has 120 valence electrons. The van der Waals surface area contributed by atoms with Crippen LogP contribution in [0, 0.1) is 5.92 Å². The molecule has 0 aromatic heterocycles. The van der Waals surface area contributed by atoms with Crippen LogP contribution in [0.1, 0.15) is 36.5 Å². The van der Waals surface area contributed by atoms with Crippen LogP contribution in [-0.4, -0.2) is 25.6 Å². The number of fused-ring (bicyclic) bond motifs is 1. The summed E-state index contributed by atoms with van der Waals surface area (Å²) >= 11 is 0. The normalized spacial score (nSPS) is 23.4. The molecule has 2 aliphatic rings. The fourth-order valence-electron chi connectivity index (χ4n) is 3.50. The number of aryl methyl sites for hydroxylation is 2. The first-order chi connectivity index (χ1) is 10.7. The molecule has 22 heavy (non-hydrogen) atoms. The van der Waals surface area contributed by atoms with Crippen molar-refractivity contribution in [3.63, 3.8) is 0 Å². The van der Waals surface area contributed by atoms with Gasteiger partial charge in [0.05, 0.1) is 13.0 Å². The molecule has 1 amide bonds. The third-order valence-electron chi connectivity index (χ3n) is 4.82. The molecule has 0 saturated carbocycles. The Morgan fingerprint density at radius 2 is 2.14 bits per heavy atom. The van der Waals surface area contributed by atoms with Crippen LogP contribution in [0.2, 0.25) is 0 Å². The molecule has 0 spiro atoms. The Morgan fingerprint density at radius 1 is 1.36 bits per heavy atom. The molecule has 5 nitrogen and oxygen atoms in total. The van der Waals surface area contributed by atoms with Gasteiger partial charge in [-0.3, -0.25) is 15.6 Å². The van der Waals surface area contributed by atoms with Crippen LogP contribution in [0.5, 0.6) is 5.75 Å². The highest BCUT2D eigenvalue weighted by Crippen LogP contribution is 2.29. The van der Waals surface area contributed by atoms with Crippen LogP contribution in [0.25, 0.3) is 0 Å². The van der Waals surface area contributed by atoms with E-state index < -0.39 is 0 Å². The molecule has 0 bridgehead atoms. The highest BCUT2D eigenvalue weighted by Gasteiger charge is 2.31. The maximum Gasteiger partial charge on any atom is 0.226 e. The molecule has 1 aliphatic carbocycles. The van der Waals surface area contributed by atoms with Crippen LogP contribution in [0.4, 0.5) is 0 Å². The smallest absolute Gasteiger partial charge is 0.226 e. The Labute approximate surface area is 131 Å². The van der Waals surface area contributed by atoms with E-state index in [0.717, 1.165) is 30.6 Å². The average Bonchev–Trinajstić information content (AvgIpc) is 3.19. The molecule has 2 unspecified atom stereocenters. The van der Waals surface area contributed by atoms with Gasteiger partial charge in [0.1, 0.15) is 5.75 Å². The van der Waals surface area contributed by atoms with Crippen molar-refractivity contribution in [2.45, 2.75) is 45.2 Å². The van der Waals surface area contributed by atoms with Gasteiger partial charge in [-0.05, 0) is 42.9 Å². The van der Waals surface area contributed by atoms with Crippen molar-refractivity contribution in [2.24, 2.45) is 5.92 Å². The van der Waals surface area contributed by atoms with E-state index in [1.54, 1.807) is 7.11 Å². The molecule has 2 atom stereocenters. The summed E-state index contributed by atoms with van der Waals surface area (Å²) in [5, 5.41) is 3.07. The van der Waals surface area contributed by atoms with Crippen molar-refractivity contribution in [3.05, 3.63) is 28.8 Å². The van der Waals surface area contributed by atoms with Crippen molar-refractivity contribution < 1.29 is 9.53 Å². The van der Waals surface area contributed by atoms with Crippen LogP contribution >= 0.6 is 0 Å². The Hall–Kier alpha value is -1.59. The van der Waals surface area contributed by atoms with Crippen molar-refractivity contribution in [1.29, 1.82) is 0 Å². The number of nitrogens with one attached hydrogen (secondary N) is 3. The predicted octanol–water partition coefficient (Wildman–Crippen LogP) is 1.30. The Bertz CT molecular complexity index is 559. The second-order valence-electron chi connectivity index (χ2n) is 6.15. The molecular weight excluding hydrogens is 278 g/mol. The maximum atomic E-state index is 12.4. The third-order valence-corrected chi connectivity index (χ3v) is 4.82. The summed E-state index contributed by atoms with van der Waals surface area (Å²) in [5.41, 5.74) is 10.1. The van der Waals surface area contributed by atoms with Crippen LogP contribution in [-0.2, 0) is 24.2 Å². The van der Waals surface area contributed by atoms with E-state index in [4.69, 9.17) is 4.74 Å². The SMILES string of the molecule is CCC1NNCC1C(=O)NCc1cc2c(cc1OC)CCC2. The molecular formula is C17H25N3O2. The summed E-state index contributed by atoms with van der Waals surface area (Å²) in [6.45, 7) is 3.31. The minimum Gasteiger partial charge on any atom is -0.496 e. The second-order valence-corrected chi connectivity index (χ2v) is 6.15. The van der Waals surface area contributed by atoms with Gasteiger partial charge in [-0.2, -0.15) is 0 Å². The summed E-state index contributed by atoms with van der Waals surface area (Å²) in [4.78, 5) is 12.4. The van der Waals surface area contributed by atoms with E-state index in [2.05, 4.69) is 35.2 Å². The van der Waals surface area contributed by atoms with E-state index in [0.29, 0.717) is 13.1 Å². The van der Waals surface area contributed by atoms with Gasteiger partial charge in [-0.15, -0.1) is 0 Å². The molecule has 1 saturated heterocycles. The average molecular weight is 303 g/mol. The van der Waals surface area contributed by atoms with E-state index >= 15 is 0 Å². The molecule has 1 aliphatic heterocycles. The minimum atomic E-state index is -0.00887. The second kappa shape index (κ2) is 6.67. The fourth-order valence-corrected chi connectivity index (χ4v) is 3.50. The van der Waals surface area contributed by atoms with E-state index in [1.807, 2.05) is 0 Å². The number of hydrogen-bond acceptors (Lipinski definition) is 4. The van der Waals surface area contributed by atoms with Crippen LogP contribution in [0.15, 0.2) is 12.1 Å². The predicted molar refractivity (Wildman–Crippen MR) is 85.6 cm³/mol. The van der Waals surface area contributed by atoms with Crippen LogP contribution < -0.4 is 20.9 Å². The number of benzene rings is 1. The Morgan fingerprint density at radius 3 is 2.86 bits per heavy atom. The van der Waals surface area contributed by atoms with Gasteiger partial charge in [-0.1, -0.05) is 13.0 Å². The molecule has 1 aromatic carbocycles. The summed E-state index contributed by atoms with van der Waals surface area (Å²) in [6, 6.07) is 4.54. The summed E-state index contributed by atoms with van der Waals surface area (Å²) in [5.74, 6) is 0.980.